The van der Waals surface area contributed by atoms with Crippen molar-refractivity contribution in [3.63, 3.8) is 0 Å². The van der Waals surface area contributed by atoms with Crippen molar-refractivity contribution in [2.75, 3.05) is 7.11 Å². The maximum atomic E-state index is 12.5. The maximum Gasteiger partial charge on any atom is 0.416 e. The Hall–Kier alpha value is -2.15. The van der Waals surface area contributed by atoms with E-state index in [2.05, 4.69) is 9.97 Å². The second kappa shape index (κ2) is 5.46. The first-order chi connectivity index (χ1) is 9.41. The molecule has 1 heterocycles. The van der Waals surface area contributed by atoms with Gasteiger partial charge >= 0.3 is 6.18 Å². The van der Waals surface area contributed by atoms with Crippen LogP contribution in [0.1, 0.15) is 22.9 Å². The summed E-state index contributed by atoms with van der Waals surface area (Å²) in [6.07, 6.45) is -3.07. The molecule has 2 aromatic rings. The molecule has 0 aliphatic heterocycles. The number of hydrogen-bond acceptors (Lipinski definition) is 4. The lowest BCUT2D eigenvalue weighted by Crippen LogP contribution is -2.14. The van der Waals surface area contributed by atoms with Gasteiger partial charge in [-0.05, 0) is 17.7 Å². The molecule has 0 bridgehead atoms. The zero-order chi connectivity index (χ0) is 14.8. The Bertz CT molecular complexity index is 584. The second-order valence-electron chi connectivity index (χ2n) is 4.08. The minimum atomic E-state index is -4.36. The van der Waals surface area contributed by atoms with E-state index in [1.165, 1.54) is 25.6 Å². The van der Waals surface area contributed by atoms with Gasteiger partial charge in [0.1, 0.15) is 6.33 Å². The van der Waals surface area contributed by atoms with E-state index in [1.54, 1.807) is 6.07 Å². The maximum absolute atomic E-state index is 12.5. The molecule has 0 radical (unpaired) electrons. The van der Waals surface area contributed by atoms with Crippen LogP contribution in [0.4, 0.5) is 13.2 Å². The lowest BCUT2D eigenvalue weighted by atomic mass is 10.0. The molecule has 0 saturated heterocycles. The summed E-state index contributed by atoms with van der Waals surface area (Å²) in [5, 5.41) is 0. The second-order valence-corrected chi connectivity index (χ2v) is 4.08. The van der Waals surface area contributed by atoms with Crippen LogP contribution in [-0.4, -0.2) is 17.1 Å². The molecule has 0 aliphatic rings. The van der Waals surface area contributed by atoms with Gasteiger partial charge < -0.3 is 10.5 Å². The monoisotopic (exact) mass is 283 g/mol. The van der Waals surface area contributed by atoms with E-state index in [9.17, 15) is 13.2 Å². The molecular formula is C13H12F3N3O. The van der Waals surface area contributed by atoms with Crippen LogP contribution >= 0.6 is 0 Å². The van der Waals surface area contributed by atoms with Crippen molar-refractivity contribution in [2.24, 2.45) is 5.73 Å². The molecule has 4 nitrogen and oxygen atoms in total. The van der Waals surface area contributed by atoms with Gasteiger partial charge in [-0.1, -0.05) is 12.1 Å². The fraction of sp³-hybridized carbons (Fsp3) is 0.231. The van der Waals surface area contributed by atoms with Crippen LogP contribution in [0.2, 0.25) is 0 Å². The Morgan fingerprint density at radius 2 is 1.80 bits per heavy atom. The molecule has 2 N–H and O–H groups in total. The molecule has 1 aromatic heterocycles. The summed E-state index contributed by atoms with van der Waals surface area (Å²) >= 11 is 0. The van der Waals surface area contributed by atoms with Crippen LogP contribution in [0.5, 0.6) is 5.88 Å². The molecule has 7 heteroatoms. The summed E-state index contributed by atoms with van der Waals surface area (Å²) < 4.78 is 42.4. The minimum absolute atomic E-state index is 0.345. The Morgan fingerprint density at radius 3 is 2.35 bits per heavy atom. The number of nitrogens with zero attached hydrogens (tertiary/aromatic N) is 2. The van der Waals surface area contributed by atoms with Gasteiger partial charge in [0.05, 0.1) is 24.4 Å². The predicted octanol–water partition coefficient (Wildman–Crippen LogP) is 2.55. The molecule has 0 saturated carbocycles. The molecule has 1 atom stereocenters. The number of nitrogens with two attached hydrogens (primary N) is 1. The summed E-state index contributed by atoms with van der Waals surface area (Å²) in [6, 6.07) is 5.56. The number of rotatable bonds is 3. The topological polar surface area (TPSA) is 61.0 Å². The number of ether oxygens (including phenoxy) is 1. The standard InChI is InChI=1S/C13H12F3N3O/c1-20-11-6-10(18-7-19-11)12(17)8-2-4-9(5-3-8)13(14,15)16/h2-7,12H,17H2,1H3. The van der Waals surface area contributed by atoms with Gasteiger partial charge in [0, 0.05) is 6.07 Å². The van der Waals surface area contributed by atoms with Crippen LogP contribution in [-0.2, 0) is 6.18 Å². The van der Waals surface area contributed by atoms with Gasteiger partial charge in [0.25, 0.3) is 0 Å². The molecule has 2 rings (SSSR count). The number of alkyl halides is 3. The Kier molecular flexibility index (Phi) is 3.89. The Balaban J connectivity index is 2.26. The van der Waals surface area contributed by atoms with E-state index < -0.39 is 17.8 Å². The average molecular weight is 283 g/mol. The molecule has 0 fully saturated rings. The molecule has 0 amide bonds. The quantitative estimate of drug-likeness (QED) is 0.940. The zero-order valence-corrected chi connectivity index (χ0v) is 10.6. The van der Waals surface area contributed by atoms with Crippen LogP contribution in [0.15, 0.2) is 36.7 Å². The van der Waals surface area contributed by atoms with E-state index in [0.29, 0.717) is 17.1 Å². The fourth-order valence-electron chi connectivity index (χ4n) is 1.69. The van der Waals surface area contributed by atoms with Crippen molar-refractivity contribution in [1.82, 2.24) is 9.97 Å². The highest BCUT2D eigenvalue weighted by Crippen LogP contribution is 2.30. The highest BCUT2D eigenvalue weighted by atomic mass is 19.4. The minimum Gasteiger partial charge on any atom is -0.481 e. The number of hydrogen-bond donors (Lipinski definition) is 1. The van der Waals surface area contributed by atoms with E-state index in [4.69, 9.17) is 10.5 Å². The molecule has 106 valence electrons. The van der Waals surface area contributed by atoms with Gasteiger partial charge in [-0.3, -0.25) is 0 Å². The van der Waals surface area contributed by atoms with Crippen LogP contribution in [0.25, 0.3) is 0 Å². The van der Waals surface area contributed by atoms with Gasteiger partial charge in [0.15, 0.2) is 0 Å². The zero-order valence-electron chi connectivity index (χ0n) is 10.6. The third-order valence-corrected chi connectivity index (χ3v) is 2.79. The first-order valence-corrected chi connectivity index (χ1v) is 5.70. The summed E-state index contributed by atoms with van der Waals surface area (Å²) in [7, 11) is 1.45. The molecule has 20 heavy (non-hydrogen) atoms. The van der Waals surface area contributed by atoms with Crippen molar-refractivity contribution < 1.29 is 17.9 Å². The number of aromatic nitrogens is 2. The van der Waals surface area contributed by atoms with Gasteiger partial charge in [-0.2, -0.15) is 13.2 Å². The number of benzene rings is 1. The van der Waals surface area contributed by atoms with Crippen LogP contribution < -0.4 is 10.5 Å². The molecule has 0 spiro atoms. The Morgan fingerprint density at radius 1 is 1.15 bits per heavy atom. The van der Waals surface area contributed by atoms with E-state index >= 15 is 0 Å². The Labute approximate surface area is 113 Å². The molecule has 0 aliphatic carbocycles. The smallest absolute Gasteiger partial charge is 0.416 e. The highest BCUT2D eigenvalue weighted by Gasteiger charge is 2.30. The lowest BCUT2D eigenvalue weighted by molar-refractivity contribution is -0.137. The van der Waals surface area contributed by atoms with E-state index in [0.717, 1.165) is 12.1 Å². The van der Waals surface area contributed by atoms with E-state index in [-0.39, 0.29) is 0 Å². The van der Waals surface area contributed by atoms with Crippen LogP contribution in [0.3, 0.4) is 0 Å². The third-order valence-electron chi connectivity index (χ3n) is 2.79. The number of methoxy groups -OCH3 is 1. The summed E-state index contributed by atoms with van der Waals surface area (Å²) in [4.78, 5) is 7.84. The number of halogens is 3. The fourth-order valence-corrected chi connectivity index (χ4v) is 1.69. The lowest BCUT2D eigenvalue weighted by Gasteiger charge is -2.13. The van der Waals surface area contributed by atoms with Crippen molar-refractivity contribution >= 4 is 0 Å². The summed E-state index contributed by atoms with van der Waals surface area (Å²) in [5.41, 5.74) is 6.25. The van der Waals surface area contributed by atoms with Crippen molar-refractivity contribution in [1.29, 1.82) is 0 Å². The summed E-state index contributed by atoms with van der Waals surface area (Å²) in [5.74, 6) is 0.345. The first kappa shape index (κ1) is 14.3. The van der Waals surface area contributed by atoms with Crippen molar-refractivity contribution in [2.45, 2.75) is 12.2 Å². The molecule has 1 aromatic carbocycles. The first-order valence-electron chi connectivity index (χ1n) is 5.70. The van der Waals surface area contributed by atoms with Gasteiger partial charge in [0.2, 0.25) is 5.88 Å². The van der Waals surface area contributed by atoms with Crippen molar-refractivity contribution in [3.05, 3.63) is 53.5 Å². The highest BCUT2D eigenvalue weighted by molar-refractivity contribution is 5.32. The van der Waals surface area contributed by atoms with Crippen LogP contribution in [0, 0.1) is 0 Å². The summed E-state index contributed by atoms with van der Waals surface area (Å²) in [6.45, 7) is 0. The van der Waals surface area contributed by atoms with Crippen molar-refractivity contribution in [3.8, 4) is 5.88 Å². The molecular weight excluding hydrogens is 271 g/mol. The van der Waals surface area contributed by atoms with Gasteiger partial charge in [-0.25, -0.2) is 9.97 Å². The third kappa shape index (κ3) is 3.05. The largest absolute Gasteiger partial charge is 0.481 e. The van der Waals surface area contributed by atoms with Gasteiger partial charge in [-0.15, -0.1) is 0 Å². The SMILES string of the molecule is COc1cc(C(N)c2ccc(C(F)(F)F)cc2)ncn1. The normalized spacial score (nSPS) is 13.1. The predicted molar refractivity (Wildman–Crippen MR) is 66.1 cm³/mol. The van der Waals surface area contributed by atoms with E-state index in [1.807, 2.05) is 0 Å². The average Bonchev–Trinajstić information content (AvgIpc) is 2.46. The molecule has 1 unspecified atom stereocenters.